The predicted molar refractivity (Wildman–Crippen MR) is 98.0 cm³/mol. The monoisotopic (exact) mass is 391 g/mol. The highest BCUT2D eigenvalue weighted by atomic mass is 35.5. The Hall–Kier alpha value is -1.19. The number of carbonyl (C=O) groups excluding carboxylic acids is 1. The van der Waals surface area contributed by atoms with Crippen LogP contribution in [0.1, 0.15) is 31.4 Å². The summed E-state index contributed by atoms with van der Waals surface area (Å²) in [6.07, 6.45) is 1.55. The van der Waals surface area contributed by atoms with Gasteiger partial charge in [-0.25, -0.2) is 13.1 Å². The van der Waals surface area contributed by atoms with Crippen molar-refractivity contribution in [2.75, 3.05) is 20.3 Å². The molecule has 1 saturated heterocycles. The average Bonchev–Trinajstić information content (AvgIpc) is 2.61. The molecule has 0 spiro atoms. The van der Waals surface area contributed by atoms with E-state index in [0.717, 1.165) is 12.8 Å². The third-order valence-corrected chi connectivity index (χ3v) is 5.78. The van der Waals surface area contributed by atoms with E-state index in [9.17, 15) is 13.2 Å². The van der Waals surface area contributed by atoms with Crippen molar-refractivity contribution in [2.24, 2.45) is 11.7 Å². The first kappa shape index (κ1) is 21.9. The lowest BCUT2D eigenvalue weighted by atomic mass is 9.91. The van der Waals surface area contributed by atoms with Crippen LogP contribution in [-0.4, -0.2) is 40.6 Å². The van der Waals surface area contributed by atoms with Gasteiger partial charge in [-0.2, -0.15) is 0 Å². The third-order valence-electron chi connectivity index (χ3n) is 4.37. The molecular weight excluding hydrogens is 366 g/mol. The van der Waals surface area contributed by atoms with E-state index in [1.54, 1.807) is 25.1 Å². The van der Waals surface area contributed by atoms with Crippen molar-refractivity contribution in [2.45, 2.75) is 36.7 Å². The van der Waals surface area contributed by atoms with Crippen LogP contribution in [0.4, 0.5) is 0 Å². The van der Waals surface area contributed by atoms with Gasteiger partial charge >= 0.3 is 0 Å². The Morgan fingerprint density at radius 3 is 2.56 bits per heavy atom. The second kappa shape index (κ2) is 9.49. The second-order valence-electron chi connectivity index (χ2n) is 5.99. The number of hydrogen-bond acceptors (Lipinski definition) is 5. The van der Waals surface area contributed by atoms with Gasteiger partial charge in [0.25, 0.3) is 0 Å². The summed E-state index contributed by atoms with van der Waals surface area (Å²) in [7, 11) is -2.16. The lowest BCUT2D eigenvalue weighted by Gasteiger charge is -2.28. The number of benzene rings is 1. The summed E-state index contributed by atoms with van der Waals surface area (Å²) in [6, 6.07) is 5.57. The molecule has 1 aromatic rings. The number of sulfonamides is 1. The Kier molecular flexibility index (Phi) is 8.30. The zero-order valence-electron chi connectivity index (χ0n) is 14.4. The fourth-order valence-electron chi connectivity index (χ4n) is 2.75. The first-order valence-electron chi connectivity index (χ1n) is 8.02. The summed E-state index contributed by atoms with van der Waals surface area (Å²) in [5, 5.41) is 2.87. The van der Waals surface area contributed by atoms with Crippen molar-refractivity contribution in [3.8, 4) is 0 Å². The van der Waals surface area contributed by atoms with Crippen molar-refractivity contribution >= 4 is 28.3 Å². The summed E-state index contributed by atoms with van der Waals surface area (Å²) >= 11 is 0. The Bertz CT molecular complexity index is 678. The number of rotatable bonds is 6. The Morgan fingerprint density at radius 1 is 1.32 bits per heavy atom. The van der Waals surface area contributed by atoms with E-state index in [-0.39, 0.29) is 35.2 Å². The number of nitrogens with one attached hydrogen (secondary N) is 2. The molecule has 7 nitrogen and oxygen atoms in total. The number of halogens is 1. The van der Waals surface area contributed by atoms with E-state index in [0.29, 0.717) is 18.8 Å². The van der Waals surface area contributed by atoms with E-state index in [1.165, 1.54) is 13.1 Å². The lowest BCUT2D eigenvalue weighted by Crippen LogP contribution is -2.47. The van der Waals surface area contributed by atoms with Gasteiger partial charge < -0.3 is 15.8 Å². The number of hydrogen-bond donors (Lipinski definition) is 3. The molecule has 0 aromatic heterocycles. The Morgan fingerprint density at radius 2 is 1.96 bits per heavy atom. The minimum absolute atomic E-state index is 0. The van der Waals surface area contributed by atoms with E-state index >= 15 is 0 Å². The van der Waals surface area contributed by atoms with Crippen LogP contribution in [0.2, 0.25) is 0 Å². The molecule has 2 unspecified atom stereocenters. The third kappa shape index (κ3) is 5.65. The largest absolute Gasteiger partial charge is 0.381 e. The maximum atomic E-state index is 12.4. The van der Waals surface area contributed by atoms with Gasteiger partial charge in [0.2, 0.25) is 15.9 Å². The van der Waals surface area contributed by atoms with Crippen LogP contribution in [0.5, 0.6) is 0 Å². The van der Waals surface area contributed by atoms with Crippen LogP contribution in [0.3, 0.4) is 0 Å². The van der Waals surface area contributed by atoms with Crippen LogP contribution >= 0.6 is 12.4 Å². The molecule has 1 amide bonds. The van der Waals surface area contributed by atoms with Crippen molar-refractivity contribution < 1.29 is 17.9 Å². The van der Waals surface area contributed by atoms with E-state index in [4.69, 9.17) is 10.5 Å². The molecule has 142 valence electrons. The normalized spacial score (nSPS) is 18.0. The van der Waals surface area contributed by atoms with Gasteiger partial charge in [0, 0.05) is 13.2 Å². The van der Waals surface area contributed by atoms with Gasteiger partial charge in [-0.1, -0.05) is 12.1 Å². The molecule has 2 rings (SSSR count). The molecule has 25 heavy (non-hydrogen) atoms. The van der Waals surface area contributed by atoms with Crippen LogP contribution in [-0.2, 0) is 19.6 Å². The molecule has 4 N–H and O–H groups in total. The van der Waals surface area contributed by atoms with Crippen molar-refractivity contribution in [1.82, 2.24) is 10.0 Å². The molecule has 0 radical (unpaired) electrons. The SMILES string of the molecule is CNS(=O)(=O)c1cccc(C(C)NC(=O)C(N)C2CCOCC2)c1.Cl. The zero-order valence-corrected chi connectivity index (χ0v) is 16.0. The van der Waals surface area contributed by atoms with Crippen molar-refractivity contribution in [1.29, 1.82) is 0 Å². The molecule has 1 fully saturated rings. The summed E-state index contributed by atoms with van der Waals surface area (Å²) in [5.74, 6) is -0.113. The molecule has 9 heteroatoms. The minimum Gasteiger partial charge on any atom is -0.381 e. The first-order chi connectivity index (χ1) is 11.3. The molecule has 1 heterocycles. The second-order valence-corrected chi connectivity index (χ2v) is 7.87. The Labute approximate surface area is 155 Å². The van der Waals surface area contributed by atoms with Crippen molar-refractivity contribution in [3.63, 3.8) is 0 Å². The number of carbonyl (C=O) groups is 1. The smallest absolute Gasteiger partial charge is 0.240 e. The number of amides is 1. The minimum atomic E-state index is -3.52. The van der Waals surface area contributed by atoms with Crippen LogP contribution < -0.4 is 15.8 Å². The molecule has 0 bridgehead atoms. The maximum absolute atomic E-state index is 12.4. The fraction of sp³-hybridized carbons (Fsp3) is 0.562. The highest BCUT2D eigenvalue weighted by molar-refractivity contribution is 7.89. The molecular formula is C16H26ClN3O4S. The van der Waals surface area contributed by atoms with E-state index < -0.39 is 16.1 Å². The highest BCUT2D eigenvalue weighted by Gasteiger charge is 2.27. The summed E-state index contributed by atoms with van der Waals surface area (Å²) in [6.45, 7) is 3.07. The quantitative estimate of drug-likeness (QED) is 0.668. The van der Waals surface area contributed by atoms with Crippen LogP contribution in [0, 0.1) is 5.92 Å². The Balaban J connectivity index is 0.00000312. The summed E-state index contributed by atoms with van der Waals surface area (Å²) < 4.78 is 31.3. The zero-order chi connectivity index (χ0) is 17.7. The summed E-state index contributed by atoms with van der Waals surface area (Å²) in [4.78, 5) is 12.5. The molecule has 1 aliphatic heterocycles. The van der Waals surface area contributed by atoms with Gasteiger partial charge in [0.15, 0.2) is 0 Å². The maximum Gasteiger partial charge on any atom is 0.240 e. The standard InChI is InChI=1S/C16H25N3O4S.ClH/c1-11(13-4-3-5-14(10-13)24(21,22)18-2)19-16(20)15(17)12-6-8-23-9-7-12;/h3-5,10-12,15,18H,6-9,17H2,1-2H3,(H,19,20);1H. The number of ether oxygens (including phenoxy) is 1. The van der Waals surface area contributed by atoms with E-state index in [2.05, 4.69) is 10.0 Å². The van der Waals surface area contributed by atoms with Gasteiger partial charge in [-0.3, -0.25) is 4.79 Å². The van der Waals surface area contributed by atoms with Gasteiger partial charge in [-0.15, -0.1) is 12.4 Å². The highest BCUT2D eigenvalue weighted by Crippen LogP contribution is 2.20. The van der Waals surface area contributed by atoms with Gasteiger partial charge in [0.1, 0.15) is 0 Å². The topological polar surface area (TPSA) is 111 Å². The molecule has 0 aliphatic carbocycles. The lowest BCUT2D eigenvalue weighted by molar-refractivity contribution is -0.125. The van der Waals surface area contributed by atoms with E-state index in [1.807, 2.05) is 0 Å². The fourth-order valence-corrected chi connectivity index (χ4v) is 3.54. The first-order valence-corrected chi connectivity index (χ1v) is 9.50. The molecule has 0 saturated carbocycles. The van der Waals surface area contributed by atoms with Crippen molar-refractivity contribution in [3.05, 3.63) is 29.8 Å². The van der Waals surface area contributed by atoms with Gasteiger partial charge in [0.05, 0.1) is 17.0 Å². The van der Waals surface area contributed by atoms with Crippen LogP contribution in [0.15, 0.2) is 29.2 Å². The number of nitrogens with two attached hydrogens (primary N) is 1. The molecule has 2 atom stereocenters. The van der Waals surface area contributed by atoms with Crippen LogP contribution in [0.25, 0.3) is 0 Å². The summed E-state index contributed by atoms with van der Waals surface area (Å²) in [5.41, 5.74) is 6.77. The molecule has 1 aromatic carbocycles. The molecule has 1 aliphatic rings. The van der Waals surface area contributed by atoms with Gasteiger partial charge in [-0.05, 0) is 50.4 Å². The predicted octanol–water partition coefficient (Wildman–Crippen LogP) is 0.948. The average molecular weight is 392 g/mol.